The molecule has 9 heteroatoms. The fourth-order valence-corrected chi connectivity index (χ4v) is 2.45. The van der Waals surface area contributed by atoms with Gasteiger partial charge in [0, 0.05) is 6.04 Å². The van der Waals surface area contributed by atoms with Crippen molar-refractivity contribution < 1.29 is 14.0 Å². The van der Waals surface area contributed by atoms with E-state index in [2.05, 4.69) is 20.8 Å². The number of imide groups is 1. The van der Waals surface area contributed by atoms with Gasteiger partial charge in [-0.3, -0.25) is 10.1 Å². The Bertz CT molecular complexity index is 623. The number of urea groups is 1. The maximum Gasteiger partial charge on any atom is 0.321 e. The first kappa shape index (κ1) is 16.1. The molecule has 0 fully saturated rings. The van der Waals surface area contributed by atoms with E-state index in [0.717, 1.165) is 0 Å². The molecular formula is C13H17N5O3S. The van der Waals surface area contributed by atoms with Crippen molar-refractivity contribution in [1.29, 1.82) is 0 Å². The van der Waals surface area contributed by atoms with E-state index in [0.29, 0.717) is 10.9 Å². The summed E-state index contributed by atoms with van der Waals surface area (Å²) in [4.78, 5) is 23.3. The summed E-state index contributed by atoms with van der Waals surface area (Å²) in [6, 6.07) is 3.10. The van der Waals surface area contributed by atoms with Gasteiger partial charge in [-0.1, -0.05) is 11.8 Å². The first-order valence-electron chi connectivity index (χ1n) is 6.68. The van der Waals surface area contributed by atoms with E-state index in [1.165, 1.54) is 18.0 Å². The highest BCUT2D eigenvalue weighted by atomic mass is 32.2. The minimum atomic E-state index is -0.563. The Morgan fingerprint density at radius 3 is 2.95 bits per heavy atom. The van der Waals surface area contributed by atoms with Crippen LogP contribution in [-0.2, 0) is 11.3 Å². The number of amides is 3. The summed E-state index contributed by atoms with van der Waals surface area (Å²) in [7, 11) is 0. The Labute approximate surface area is 131 Å². The van der Waals surface area contributed by atoms with Gasteiger partial charge in [-0.05, 0) is 26.0 Å². The quantitative estimate of drug-likeness (QED) is 0.782. The van der Waals surface area contributed by atoms with Crippen LogP contribution in [0.1, 0.15) is 25.6 Å². The fourth-order valence-electron chi connectivity index (χ4n) is 1.61. The molecule has 2 aromatic heterocycles. The standard InChI is InChI=1S/C13H17N5O3S/c1-9(2)18-8-15-17-13(18)22-7-11(19)16-12(20)14-6-10-4-3-5-21-10/h3-5,8-9H,6-7H2,1-2H3,(H2,14,16,19,20). The van der Waals surface area contributed by atoms with Crippen molar-refractivity contribution in [2.24, 2.45) is 0 Å². The monoisotopic (exact) mass is 323 g/mol. The average Bonchev–Trinajstić information content (AvgIpc) is 3.14. The van der Waals surface area contributed by atoms with E-state index in [1.807, 2.05) is 18.4 Å². The Balaban J connectivity index is 1.73. The van der Waals surface area contributed by atoms with Gasteiger partial charge >= 0.3 is 6.03 Å². The van der Waals surface area contributed by atoms with Crippen LogP contribution >= 0.6 is 11.8 Å². The average molecular weight is 323 g/mol. The van der Waals surface area contributed by atoms with Crippen LogP contribution in [0.15, 0.2) is 34.3 Å². The molecule has 2 aromatic rings. The van der Waals surface area contributed by atoms with Crippen LogP contribution in [0, 0.1) is 0 Å². The molecule has 22 heavy (non-hydrogen) atoms. The number of hydrogen-bond donors (Lipinski definition) is 2. The molecule has 0 aliphatic rings. The predicted octanol–water partition coefficient (Wildman–Crippen LogP) is 1.57. The SMILES string of the molecule is CC(C)n1cnnc1SCC(=O)NC(=O)NCc1ccco1. The van der Waals surface area contributed by atoms with Crippen LogP contribution < -0.4 is 10.6 Å². The molecule has 118 valence electrons. The molecule has 3 amide bonds. The van der Waals surface area contributed by atoms with Crippen LogP contribution in [0.5, 0.6) is 0 Å². The second kappa shape index (κ2) is 7.64. The van der Waals surface area contributed by atoms with Crippen molar-refractivity contribution in [2.75, 3.05) is 5.75 Å². The smallest absolute Gasteiger partial charge is 0.321 e. The highest BCUT2D eigenvalue weighted by Crippen LogP contribution is 2.18. The first-order valence-corrected chi connectivity index (χ1v) is 7.67. The summed E-state index contributed by atoms with van der Waals surface area (Å²) in [5.74, 6) is 0.293. The van der Waals surface area contributed by atoms with Gasteiger partial charge in [-0.2, -0.15) is 0 Å². The van der Waals surface area contributed by atoms with E-state index < -0.39 is 11.9 Å². The van der Waals surface area contributed by atoms with Crippen LogP contribution in [0.25, 0.3) is 0 Å². The minimum absolute atomic E-state index is 0.0829. The molecule has 0 aliphatic carbocycles. The highest BCUT2D eigenvalue weighted by Gasteiger charge is 2.12. The molecule has 0 bridgehead atoms. The summed E-state index contributed by atoms with van der Waals surface area (Å²) in [5.41, 5.74) is 0. The molecule has 0 saturated carbocycles. The molecule has 2 N–H and O–H groups in total. The van der Waals surface area contributed by atoms with E-state index in [9.17, 15) is 9.59 Å². The maximum atomic E-state index is 11.7. The first-order chi connectivity index (χ1) is 10.6. The van der Waals surface area contributed by atoms with Gasteiger partial charge in [0.25, 0.3) is 0 Å². The number of carbonyl (C=O) groups is 2. The molecule has 0 saturated heterocycles. The molecule has 2 rings (SSSR count). The van der Waals surface area contributed by atoms with Crippen LogP contribution in [-0.4, -0.2) is 32.5 Å². The van der Waals surface area contributed by atoms with E-state index in [1.54, 1.807) is 18.5 Å². The Kier molecular flexibility index (Phi) is 5.59. The van der Waals surface area contributed by atoms with Gasteiger partial charge in [0.2, 0.25) is 5.91 Å². The second-order valence-corrected chi connectivity index (χ2v) is 5.66. The molecule has 0 aliphatic heterocycles. The molecule has 0 radical (unpaired) electrons. The zero-order chi connectivity index (χ0) is 15.9. The predicted molar refractivity (Wildman–Crippen MR) is 80.2 cm³/mol. The molecule has 0 unspecified atom stereocenters. The van der Waals surface area contributed by atoms with Crippen LogP contribution in [0.4, 0.5) is 4.79 Å². The zero-order valence-electron chi connectivity index (χ0n) is 12.3. The largest absolute Gasteiger partial charge is 0.467 e. The van der Waals surface area contributed by atoms with Gasteiger partial charge in [0.1, 0.15) is 12.1 Å². The minimum Gasteiger partial charge on any atom is -0.467 e. The van der Waals surface area contributed by atoms with Crippen LogP contribution in [0.3, 0.4) is 0 Å². The number of nitrogens with one attached hydrogen (secondary N) is 2. The lowest BCUT2D eigenvalue weighted by molar-refractivity contribution is -0.117. The lowest BCUT2D eigenvalue weighted by atomic mass is 10.4. The Hall–Kier alpha value is -2.29. The van der Waals surface area contributed by atoms with Crippen molar-refractivity contribution in [3.63, 3.8) is 0 Å². The Morgan fingerprint density at radius 2 is 2.27 bits per heavy atom. The van der Waals surface area contributed by atoms with Gasteiger partial charge in [-0.15, -0.1) is 10.2 Å². The molecule has 0 spiro atoms. The summed E-state index contributed by atoms with van der Waals surface area (Å²) < 4.78 is 6.93. The van der Waals surface area contributed by atoms with E-state index >= 15 is 0 Å². The fraction of sp³-hybridized carbons (Fsp3) is 0.385. The molecule has 8 nitrogen and oxygen atoms in total. The van der Waals surface area contributed by atoms with Crippen molar-refractivity contribution in [1.82, 2.24) is 25.4 Å². The number of nitrogens with zero attached hydrogens (tertiary/aromatic N) is 3. The summed E-state index contributed by atoms with van der Waals surface area (Å²) in [6.07, 6.45) is 3.13. The lowest BCUT2D eigenvalue weighted by Gasteiger charge is -2.09. The molecule has 0 aromatic carbocycles. The number of furan rings is 1. The Morgan fingerprint density at radius 1 is 1.45 bits per heavy atom. The van der Waals surface area contributed by atoms with Gasteiger partial charge in [-0.25, -0.2) is 4.79 Å². The summed E-state index contributed by atoms with van der Waals surface area (Å²) in [6.45, 7) is 4.21. The lowest BCUT2D eigenvalue weighted by Crippen LogP contribution is -2.39. The second-order valence-electron chi connectivity index (χ2n) is 4.71. The number of rotatable bonds is 6. The van der Waals surface area contributed by atoms with Crippen molar-refractivity contribution in [3.8, 4) is 0 Å². The van der Waals surface area contributed by atoms with Crippen molar-refractivity contribution >= 4 is 23.7 Å². The normalized spacial score (nSPS) is 10.7. The third-order valence-corrected chi connectivity index (χ3v) is 3.64. The zero-order valence-corrected chi connectivity index (χ0v) is 13.1. The third-order valence-electron chi connectivity index (χ3n) is 2.69. The number of thioether (sulfide) groups is 1. The van der Waals surface area contributed by atoms with Gasteiger partial charge in [0.15, 0.2) is 5.16 Å². The molecule has 0 atom stereocenters. The maximum absolute atomic E-state index is 11.7. The summed E-state index contributed by atoms with van der Waals surface area (Å²) in [5, 5.41) is 13.2. The number of carbonyl (C=O) groups excluding carboxylic acids is 2. The summed E-state index contributed by atoms with van der Waals surface area (Å²) >= 11 is 1.23. The third kappa shape index (κ3) is 4.62. The van der Waals surface area contributed by atoms with Crippen molar-refractivity contribution in [3.05, 3.63) is 30.5 Å². The van der Waals surface area contributed by atoms with E-state index in [4.69, 9.17) is 4.42 Å². The molecular weight excluding hydrogens is 306 g/mol. The van der Waals surface area contributed by atoms with Gasteiger partial charge < -0.3 is 14.3 Å². The number of hydrogen-bond acceptors (Lipinski definition) is 6. The van der Waals surface area contributed by atoms with Gasteiger partial charge in [0.05, 0.1) is 18.6 Å². The molecule has 2 heterocycles. The topological polar surface area (TPSA) is 102 Å². The van der Waals surface area contributed by atoms with E-state index in [-0.39, 0.29) is 18.3 Å². The number of aromatic nitrogens is 3. The highest BCUT2D eigenvalue weighted by molar-refractivity contribution is 7.99. The van der Waals surface area contributed by atoms with Crippen molar-refractivity contribution in [2.45, 2.75) is 31.6 Å². The van der Waals surface area contributed by atoms with Crippen LogP contribution in [0.2, 0.25) is 0 Å².